The summed E-state index contributed by atoms with van der Waals surface area (Å²) in [6.07, 6.45) is -1.66. The highest BCUT2D eigenvalue weighted by Crippen LogP contribution is 2.34. The lowest BCUT2D eigenvalue weighted by Crippen LogP contribution is -2.49. The van der Waals surface area contributed by atoms with Gasteiger partial charge in [-0.25, -0.2) is 13.1 Å². The molecule has 2 rings (SSSR count). The molecule has 1 aliphatic rings. The van der Waals surface area contributed by atoms with Crippen LogP contribution in [0.3, 0.4) is 0 Å². The fourth-order valence-corrected chi connectivity index (χ4v) is 6.01. The van der Waals surface area contributed by atoms with E-state index in [4.69, 9.17) is 0 Å². The zero-order valence-electron chi connectivity index (χ0n) is 21.6. The molecular formula is C22H38N5O10PS. The van der Waals surface area contributed by atoms with Crippen molar-refractivity contribution in [2.45, 2.75) is 11.0 Å². The first kappa shape index (κ1) is 33.2. The van der Waals surface area contributed by atoms with Gasteiger partial charge in [-0.15, -0.1) is 0 Å². The maximum atomic E-state index is 12.5. The predicted molar refractivity (Wildman–Crippen MR) is 141 cm³/mol. The Balaban J connectivity index is 2.12. The SMILES string of the molecule is O=C(O)CN1CCN(CC(=O)O)CCN(CP(=O)(O)O)CCN(CC(O)CNS(=O)(=O)c2ccccc2)CC1. The zero-order valence-corrected chi connectivity index (χ0v) is 23.3. The Morgan fingerprint density at radius 2 is 1.26 bits per heavy atom. The molecule has 0 amide bonds. The summed E-state index contributed by atoms with van der Waals surface area (Å²) in [4.78, 5) is 48.3. The van der Waals surface area contributed by atoms with E-state index in [9.17, 15) is 47.7 Å². The van der Waals surface area contributed by atoms with Gasteiger partial charge in [0.05, 0.1) is 24.1 Å². The third-order valence-electron chi connectivity index (χ3n) is 6.06. The van der Waals surface area contributed by atoms with Gasteiger partial charge in [0, 0.05) is 65.4 Å². The van der Waals surface area contributed by atoms with E-state index in [1.165, 1.54) is 17.0 Å². The average Bonchev–Trinajstić information content (AvgIpc) is 2.83. The van der Waals surface area contributed by atoms with E-state index in [0.29, 0.717) is 0 Å². The number of aliphatic carboxylic acids is 2. The fourth-order valence-electron chi connectivity index (χ4n) is 4.11. The van der Waals surface area contributed by atoms with E-state index in [0.717, 1.165) is 0 Å². The summed E-state index contributed by atoms with van der Waals surface area (Å²) in [5, 5.41) is 29.2. The van der Waals surface area contributed by atoms with Crippen LogP contribution in [0.4, 0.5) is 0 Å². The first-order chi connectivity index (χ1) is 18.2. The minimum absolute atomic E-state index is 0.0209. The van der Waals surface area contributed by atoms with Crippen LogP contribution in [-0.2, 0) is 24.2 Å². The average molecular weight is 596 g/mol. The summed E-state index contributed by atoms with van der Waals surface area (Å²) in [6.45, 7) is 0.930. The van der Waals surface area contributed by atoms with Gasteiger partial charge in [-0.05, 0) is 12.1 Å². The molecule has 0 aliphatic carbocycles. The number of hydrogen-bond acceptors (Lipinski definition) is 10. The topological polar surface area (TPSA) is 211 Å². The molecule has 0 bridgehead atoms. The first-order valence-corrected chi connectivity index (χ1v) is 15.6. The third kappa shape index (κ3) is 13.8. The molecule has 1 unspecified atom stereocenters. The van der Waals surface area contributed by atoms with Gasteiger partial charge in [-0.1, -0.05) is 18.2 Å². The molecule has 0 spiro atoms. The Morgan fingerprint density at radius 1 is 0.821 bits per heavy atom. The molecule has 39 heavy (non-hydrogen) atoms. The first-order valence-electron chi connectivity index (χ1n) is 12.3. The van der Waals surface area contributed by atoms with E-state index in [1.54, 1.807) is 32.9 Å². The van der Waals surface area contributed by atoms with Crippen LogP contribution in [0.25, 0.3) is 0 Å². The van der Waals surface area contributed by atoms with Gasteiger partial charge in [0.2, 0.25) is 10.0 Å². The Hall–Kier alpha value is -1.98. The largest absolute Gasteiger partial charge is 0.480 e. The van der Waals surface area contributed by atoms with Crippen LogP contribution in [0.15, 0.2) is 35.2 Å². The normalized spacial score (nSPS) is 19.2. The van der Waals surface area contributed by atoms with Crippen molar-refractivity contribution in [2.75, 3.05) is 84.8 Å². The van der Waals surface area contributed by atoms with E-state index in [2.05, 4.69) is 4.72 Å². The highest BCUT2D eigenvalue weighted by molar-refractivity contribution is 7.89. The Morgan fingerprint density at radius 3 is 1.69 bits per heavy atom. The molecule has 1 fully saturated rings. The van der Waals surface area contributed by atoms with Crippen molar-refractivity contribution in [1.29, 1.82) is 0 Å². The molecule has 17 heteroatoms. The maximum Gasteiger partial charge on any atom is 0.339 e. The fraction of sp³-hybridized carbons (Fsp3) is 0.636. The third-order valence-corrected chi connectivity index (χ3v) is 8.27. The summed E-state index contributed by atoms with van der Waals surface area (Å²) in [7, 11) is -8.26. The van der Waals surface area contributed by atoms with Crippen LogP contribution in [-0.4, -0.2) is 156 Å². The smallest absolute Gasteiger partial charge is 0.339 e. The van der Waals surface area contributed by atoms with Crippen molar-refractivity contribution < 1.29 is 47.7 Å². The van der Waals surface area contributed by atoms with Crippen LogP contribution in [0.5, 0.6) is 0 Å². The van der Waals surface area contributed by atoms with E-state index in [1.807, 2.05) is 0 Å². The molecule has 222 valence electrons. The Bertz CT molecular complexity index is 1070. The van der Waals surface area contributed by atoms with Crippen LogP contribution < -0.4 is 4.72 Å². The van der Waals surface area contributed by atoms with Gasteiger partial charge in [-0.2, -0.15) is 0 Å². The van der Waals surface area contributed by atoms with Crippen LogP contribution in [0, 0.1) is 0 Å². The minimum Gasteiger partial charge on any atom is -0.480 e. The number of carbonyl (C=O) groups is 2. The summed E-state index contributed by atoms with van der Waals surface area (Å²) < 4.78 is 39.0. The molecule has 1 atom stereocenters. The molecule has 1 aliphatic heterocycles. The van der Waals surface area contributed by atoms with Crippen LogP contribution in [0.1, 0.15) is 0 Å². The molecule has 0 saturated carbocycles. The van der Waals surface area contributed by atoms with E-state index in [-0.39, 0.29) is 83.4 Å². The highest BCUT2D eigenvalue weighted by Gasteiger charge is 2.24. The van der Waals surface area contributed by atoms with Gasteiger partial charge in [0.15, 0.2) is 0 Å². The number of aliphatic hydroxyl groups excluding tert-OH is 1. The van der Waals surface area contributed by atoms with Crippen molar-refractivity contribution >= 4 is 29.6 Å². The molecule has 1 heterocycles. The van der Waals surface area contributed by atoms with Crippen molar-refractivity contribution in [3.8, 4) is 0 Å². The highest BCUT2D eigenvalue weighted by atomic mass is 32.2. The second-order valence-corrected chi connectivity index (χ2v) is 12.8. The number of nitrogens with zero attached hydrogens (tertiary/aromatic N) is 4. The Labute approximate surface area is 227 Å². The second-order valence-electron chi connectivity index (χ2n) is 9.38. The number of benzene rings is 1. The molecule has 0 radical (unpaired) electrons. The standard InChI is InChI=1S/C22H38N5O10PS/c28-19(14-23-39(36,37)20-4-2-1-3-5-20)15-24-6-7-25(16-21(29)30)8-9-26(17-22(31)32)11-13-27(12-10-24)18-38(33,34)35/h1-5,19,23,28H,6-18H2,(H,29,30)(H,31,32)(H2,33,34,35). The number of nitrogens with one attached hydrogen (secondary N) is 1. The second kappa shape index (κ2) is 15.7. The van der Waals surface area contributed by atoms with Crippen LogP contribution in [0.2, 0.25) is 0 Å². The quantitative estimate of drug-likeness (QED) is 0.142. The molecule has 15 nitrogen and oxygen atoms in total. The summed E-state index contributed by atoms with van der Waals surface area (Å²) in [6, 6.07) is 7.69. The lowest BCUT2D eigenvalue weighted by atomic mass is 10.3. The van der Waals surface area contributed by atoms with Crippen molar-refractivity contribution in [3.05, 3.63) is 30.3 Å². The van der Waals surface area contributed by atoms with Crippen LogP contribution >= 0.6 is 7.60 Å². The monoisotopic (exact) mass is 595 g/mol. The van der Waals surface area contributed by atoms with Gasteiger partial charge in [0.25, 0.3) is 0 Å². The van der Waals surface area contributed by atoms with Crippen molar-refractivity contribution in [1.82, 2.24) is 24.3 Å². The number of sulfonamides is 1. The van der Waals surface area contributed by atoms with Gasteiger partial charge >= 0.3 is 19.5 Å². The molecular weight excluding hydrogens is 557 g/mol. The zero-order chi connectivity index (χ0) is 29.1. The maximum absolute atomic E-state index is 12.5. The number of aliphatic hydroxyl groups is 1. The molecule has 1 aromatic rings. The summed E-state index contributed by atoms with van der Waals surface area (Å²) in [5.74, 6) is -2.13. The van der Waals surface area contributed by atoms with Gasteiger partial charge < -0.3 is 25.1 Å². The molecule has 0 aromatic heterocycles. The molecule has 1 aromatic carbocycles. The van der Waals surface area contributed by atoms with E-state index >= 15 is 0 Å². The number of rotatable bonds is 12. The number of carboxylic acids is 2. The van der Waals surface area contributed by atoms with Gasteiger partial charge in [0.1, 0.15) is 6.29 Å². The molecule has 1 saturated heterocycles. The summed E-state index contributed by atoms with van der Waals surface area (Å²) >= 11 is 0. The lowest BCUT2D eigenvalue weighted by Gasteiger charge is -2.34. The van der Waals surface area contributed by atoms with Crippen molar-refractivity contribution in [3.63, 3.8) is 0 Å². The number of β-amino-alcohol motifs (C(OH)–C–C–N with tert-alkyl or cyclic N) is 1. The van der Waals surface area contributed by atoms with Gasteiger partial charge in [-0.3, -0.25) is 33.8 Å². The minimum atomic E-state index is -4.42. The lowest BCUT2D eigenvalue weighted by molar-refractivity contribution is -0.140. The summed E-state index contributed by atoms with van der Waals surface area (Å²) in [5.41, 5.74) is 0. The number of carboxylic acid groups (broad SMARTS) is 2. The van der Waals surface area contributed by atoms with E-state index < -0.39 is 41.9 Å². The molecule has 6 N–H and O–H groups in total. The number of hydrogen-bond donors (Lipinski definition) is 6. The Kier molecular flexibility index (Phi) is 13.4. The predicted octanol–water partition coefficient (Wildman–Crippen LogP) is -2.15. The van der Waals surface area contributed by atoms with Crippen molar-refractivity contribution in [2.24, 2.45) is 0 Å².